The molecule has 0 aliphatic carbocycles. The van der Waals surface area contributed by atoms with Gasteiger partial charge in [0.2, 0.25) is 0 Å². The highest BCUT2D eigenvalue weighted by Crippen LogP contribution is 2.33. The predicted molar refractivity (Wildman–Crippen MR) is 128 cm³/mol. The van der Waals surface area contributed by atoms with Crippen LogP contribution < -0.4 is 10.1 Å². The molecule has 2 aromatic rings. The van der Waals surface area contributed by atoms with Crippen molar-refractivity contribution in [1.82, 2.24) is 10.2 Å². The molecule has 0 radical (unpaired) electrons. The van der Waals surface area contributed by atoms with Gasteiger partial charge in [-0.2, -0.15) is 5.11 Å². The fourth-order valence-electron chi connectivity index (χ4n) is 4.73. The van der Waals surface area contributed by atoms with Gasteiger partial charge in [-0.1, -0.05) is 12.1 Å². The van der Waals surface area contributed by atoms with E-state index in [0.717, 1.165) is 12.1 Å². The van der Waals surface area contributed by atoms with Crippen LogP contribution in [0.4, 0.5) is 17.1 Å². The van der Waals surface area contributed by atoms with Crippen molar-refractivity contribution >= 4 is 17.1 Å². The molecule has 2 aromatic carbocycles. The molecule has 3 fully saturated rings. The molecule has 33 heavy (non-hydrogen) atoms. The minimum absolute atomic E-state index is 0.133. The number of nitrogens with zero attached hydrogens (tertiary/aromatic N) is 5. The lowest BCUT2D eigenvalue weighted by Gasteiger charge is -2.50. The first-order valence-electron chi connectivity index (χ1n) is 11.5. The quantitative estimate of drug-likeness (QED) is 0.267. The third-order valence-electron chi connectivity index (χ3n) is 7.07. The number of hydrogen-bond donors (Lipinski definition) is 1. The van der Waals surface area contributed by atoms with Crippen molar-refractivity contribution in [3.63, 3.8) is 0 Å². The van der Waals surface area contributed by atoms with E-state index in [9.17, 15) is 10.1 Å². The van der Waals surface area contributed by atoms with Crippen LogP contribution in [0, 0.1) is 17.0 Å². The fourth-order valence-corrected chi connectivity index (χ4v) is 4.73. The van der Waals surface area contributed by atoms with E-state index >= 15 is 0 Å². The average Bonchev–Trinajstić information content (AvgIpc) is 2.84. The van der Waals surface area contributed by atoms with Crippen LogP contribution in [0.25, 0.3) is 0 Å². The number of fused-ring (bicyclic) bond motifs is 3. The summed E-state index contributed by atoms with van der Waals surface area (Å²) in [6, 6.07) is 10.9. The van der Waals surface area contributed by atoms with Crippen molar-refractivity contribution in [1.29, 1.82) is 0 Å². The first-order valence-corrected chi connectivity index (χ1v) is 11.5. The molecule has 176 valence electrons. The molecule has 9 nitrogen and oxygen atoms in total. The van der Waals surface area contributed by atoms with Gasteiger partial charge in [0.05, 0.1) is 50.0 Å². The minimum Gasteiger partial charge on any atom is -0.496 e. The Bertz CT molecular complexity index is 1020. The molecule has 1 unspecified atom stereocenters. The molecule has 3 aliphatic heterocycles. The standard InChI is InChI=1S/C24H33N6O3/c1-18-16-20(19(2)25-8-12-30-13-9-28(10-14-30)11-15-30)4-6-22(18)26-27-23-7-5-21(33-3)17-24(23)29(31)32/h4-7,16-17,19,25H,8-15H2,1-3H3/q+1. The van der Waals surface area contributed by atoms with Crippen LogP contribution in [-0.4, -0.2) is 73.8 Å². The normalized spacial score (nSPS) is 23.1. The SMILES string of the molecule is COc1ccc(N=Nc2ccc(C(C)NCC[N+]34CCN(CC3)CC4)cc2C)c([N+](=O)[O-])c1. The molecule has 5 rings (SSSR count). The second kappa shape index (κ2) is 9.94. The third kappa shape index (κ3) is 5.38. The zero-order chi connectivity index (χ0) is 23.4. The fraction of sp³-hybridized carbons (Fsp3) is 0.500. The number of benzene rings is 2. The van der Waals surface area contributed by atoms with Crippen LogP contribution in [0.2, 0.25) is 0 Å². The molecule has 0 spiro atoms. The summed E-state index contributed by atoms with van der Waals surface area (Å²) in [5.41, 5.74) is 2.94. The number of rotatable bonds is 9. The van der Waals surface area contributed by atoms with Gasteiger partial charge in [0, 0.05) is 32.2 Å². The number of nitro groups is 1. The topological polar surface area (TPSA) is 92.4 Å². The van der Waals surface area contributed by atoms with E-state index < -0.39 is 4.92 Å². The van der Waals surface area contributed by atoms with E-state index in [2.05, 4.69) is 33.4 Å². The van der Waals surface area contributed by atoms with E-state index in [1.165, 1.54) is 69.0 Å². The zero-order valence-electron chi connectivity index (χ0n) is 19.7. The summed E-state index contributed by atoms with van der Waals surface area (Å²) in [4.78, 5) is 13.5. The lowest BCUT2D eigenvalue weighted by Crippen LogP contribution is -2.68. The van der Waals surface area contributed by atoms with E-state index in [1.54, 1.807) is 12.1 Å². The molecule has 2 bridgehead atoms. The Kier molecular flexibility index (Phi) is 7.02. The first-order chi connectivity index (χ1) is 15.9. The van der Waals surface area contributed by atoms with Crippen molar-refractivity contribution in [2.24, 2.45) is 10.2 Å². The maximum absolute atomic E-state index is 11.4. The lowest BCUT2D eigenvalue weighted by molar-refractivity contribution is -0.939. The van der Waals surface area contributed by atoms with Gasteiger partial charge in [0.15, 0.2) is 5.69 Å². The van der Waals surface area contributed by atoms with Gasteiger partial charge in [-0.25, -0.2) is 0 Å². The zero-order valence-corrected chi connectivity index (χ0v) is 19.7. The Morgan fingerprint density at radius 3 is 2.42 bits per heavy atom. The molecule has 3 heterocycles. The highest BCUT2D eigenvalue weighted by atomic mass is 16.6. The molecular weight excluding hydrogens is 420 g/mol. The first kappa shape index (κ1) is 23.3. The van der Waals surface area contributed by atoms with Crippen molar-refractivity contribution < 1.29 is 14.1 Å². The second-order valence-electron chi connectivity index (χ2n) is 9.11. The molecule has 3 saturated heterocycles. The molecule has 0 amide bonds. The maximum atomic E-state index is 11.4. The Hall–Kier alpha value is -2.88. The number of aryl methyl sites for hydroxylation is 1. The number of hydrogen-bond acceptors (Lipinski definition) is 7. The summed E-state index contributed by atoms with van der Waals surface area (Å²) >= 11 is 0. The second-order valence-corrected chi connectivity index (χ2v) is 9.11. The number of nitrogens with one attached hydrogen (secondary N) is 1. The van der Waals surface area contributed by atoms with Crippen LogP contribution in [0.3, 0.4) is 0 Å². The Balaban J connectivity index is 1.38. The largest absolute Gasteiger partial charge is 0.496 e. The minimum atomic E-state index is -0.477. The smallest absolute Gasteiger partial charge is 0.300 e. The van der Waals surface area contributed by atoms with Gasteiger partial charge in [0.1, 0.15) is 5.75 Å². The van der Waals surface area contributed by atoms with E-state index in [-0.39, 0.29) is 17.4 Å². The van der Waals surface area contributed by atoms with Crippen molar-refractivity contribution in [2.75, 3.05) is 59.5 Å². The number of azo groups is 1. The van der Waals surface area contributed by atoms with Gasteiger partial charge in [-0.15, -0.1) is 5.11 Å². The van der Waals surface area contributed by atoms with Gasteiger partial charge in [-0.3, -0.25) is 15.0 Å². The monoisotopic (exact) mass is 453 g/mol. The molecule has 1 atom stereocenters. The number of piperazine rings is 3. The van der Waals surface area contributed by atoms with Gasteiger partial charge in [-0.05, 0) is 43.2 Å². The summed E-state index contributed by atoms with van der Waals surface area (Å²) in [5, 5.41) is 23.5. The third-order valence-corrected chi connectivity index (χ3v) is 7.07. The molecule has 0 saturated carbocycles. The van der Waals surface area contributed by atoms with E-state index in [1.807, 2.05) is 19.1 Å². The Labute approximate surface area is 194 Å². The molecule has 0 aromatic heterocycles. The maximum Gasteiger partial charge on any atom is 0.300 e. The van der Waals surface area contributed by atoms with Gasteiger partial charge in [0.25, 0.3) is 5.69 Å². The van der Waals surface area contributed by atoms with Crippen molar-refractivity contribution in [3.8, 4) is 5.75 Å². The summed E-state index contributed by atoms with van der Waals surface area (Å²) in [6.45, 7) is 13.9. The summed E-state index contributed by atoms with van der Waals surface area (Å²) in [7, 11) is 1.47. The molecule has 3 aliphatic rings. The van der Waals surface area contributed by atoms with Crippen molar-refractivity contribution in [2.45, 2.75) is 19.9 Å². The van der Waals surface area contributed by atoms with Crippen molar-refractivity contribution in [3.05, 3.63) is 57.6 Å². The van der Waals surface area contributed by atoms with Gasteiger partial charge < -0.3 is 14.5 Å². The lowest BCUT2D eigenvalue weighted by atomic mass is 10.0. The molecular formula is C24H33N6O3+. The van der Waals surface area contributed by atoms with Crippen LogP contribution >= 0.6 is 0 Å². The Morgan fingerprint density at radius 1 is 1.12 bits per heavy atom. The average molecular weight is 454 g/mol. The van der Waals surface area contributed by atoms with Crippen LogP contribution in [0.15, 0.2) is 46.6 Å². The number of quaternary nitrogens is 1. The molecule has 9 heteroatoms. The van der Waals surface area contributed by atoms with E-state index in [4.69, 9.17) is 4.74 Å². The number of nitro benzene ring substituents is 1. The summed E-state index contributed by atoms with van der Waals surface area (Å²) in [6.07, 6.45) is 0. The summed E-state index contributed by atoms with van der Waals surface area (Å²) < 4.78 is 6.32. The van der Waals surface area contributed by atoms with Gasteiger partial charge >= 0.3 is 0 Å². The highest BCUT2D eigenvalue weighted by molar-refractivity contribution is 5.60. The predicted octanol–water partition coefficient (Wildman–Crippen LogP) is 4.12. The van der Waals surface area contributed by atoms with E-state index in [0.29, 0.717) is 11.4 Å². The Morgan fingerprint density at radius 2 is 1.79 bits per heavy atom. The van der Waals surface area contributed by atoms with Crippen LogP contribution in [0.5, 0.6) is 5.75 Å². The van der Waals surface area contributed by atoms with Crippen LogP contribution in [0.1, 0.15) is 24.1 Å². The highest BCUT2D eigenvalue weighted by Gasteiger charge is 2.37. The number of methoxy groups -OCH3 is 1. The number of ether oxygens (including phenoxy) is 1. The molecule has 1 N–H and O–H groups in total. The summed E-state index contributed by atoms with van der Waals surface area (Å²) in [5.74, 6) is 0.412. The van der Waals surface area contributed by atoms with Crippen LogP contribution in [-0.2, 0) is 0 Å².